The van der Waals surface area contributed by atoms with Gasteiger partial charge in [-0.15, -0.1) is 0 Å². The molecule has 47 heavy (non-hydrogen) atoms. The highest BCUT2D eigenvalue weighted by Gasteiger charge is 2.53. The van der Waals surface area contributed by atoms with E-state index in [0.29, 0.717) is 54.0 Å². The van der Waals surface area contributed by atoms with Crippen LogP contribution in [0.3, 0.4) is 0 Å². The lowest BCUT2D eigenvalue weighted by Crippen LogP contribution is -2.53. The van der Waals surface area contributed by atoms with E-state index in [1.807, 2.05) is 84.9 Å². The molecule has 0 saturated carbocycles. The van der Waals surface area contributed by atoms with Gasteiger partial charge >= 0.3 is 0 Å². The number of rotatable bonds is 15. The normalized spacial score (nSPS) is 17.0. The molecule has 4 aromatic carbocycles. The summed E-state index contributed by atoms with van der Waals surface area (Å²) in [5.41, 5.74) is 7.72. The molecule has 1 aliphatic rings. The van der Waals surface area contributed by atoms with Crippen molar-refractivity contribution in [3.63, 3.8) is 0 Å². The molecule has 3 N–H and O–H groups in total. The molecule has 0 spiro atoms. The van der Waals surface area contributed by atoms with E-state index in [9.17, 15) is 4.79 Å². The van der Waals surface area contributed by atoms with Crippen LogP contribution in [0.2, 0.25) is 0 Å². The first-order valence-corrected chi connectivity index (χ1v) is 15.9. The molecule has 0 aromatic heterocycles. The van der Waals surface area contributed by atoms with Gasteiger partial charge in [0.05, 0.1) is 27.9 Å². The van der Waals surface area contributed by atoms with E-state index >= 15 is 0 Å². The smallest absolute Gasteiger partial charge is 0.266 e. The number of methoxy groups -OCH3 is 3. The molecule has 1 amide bonds. The number of halogens is 1. The molecule has 1 heterocycles. The Morgan fingerprint density at radius 1 is 0.894 bits per heavy atom. The third kappa shape index (κ3) is 8.05. The SMILES string of the molecule is COc1cc(CNNC(=O)[C@@]2(Cc3ccccc3Br)N=C(c3ccc(OCCCO)cc3)O[C@H]2c2cccc(OC)c2)cc(OC)c1. The molecule has 4 aromatic rings. The van der Waals surface area contributed by atoms with Gasteiger partial charge in [-0.1, -0.05) is 46.3 Å². The number of carbonyl (C=O) groups excluding carboxylic acids is 1. The molecule has 0 radical (unpaired) electrons. The number of aliphatic hydroxyl groups excluding tert-OH is 1. The number of aliphatic hydroxyl groups is 1. The summed E-state index contributed by atoms with van der Waals surface area (Å²) in [5, 5.41) is 9.08. The first-order chi connectivity index (χ1) is 22.9. The van der Waals surface area contributed by atoms with Crippen molar-refractivity contribution in [3.05, 3.63) is 118 Å². The van der Waals surface area contributed by atoms with E-state index in [2.05, 4.69) is 26.8 Å². The number of hydrogen-bond acceptors (Lipinski definition) is 9. The van der Waals surface area contributed by atoms with Crippen molar-refractivity contribution >= 4 is 27.7 Å². The second kappa shape index (κ2) is 15.8. The molecule has 10 nitrogen and oxygen atoms in total. The third-order valence-corrected chi connectivity index (χ3v) is 8.52. The van der Waals surface area contributed by atoms with Gasteiger partial charge in [-0.05, 0) is 71.3 Å². The van der Waals surface area contributed by atoms with E-state index in [4.69, 9.17) is 33.8 Å². The Labute approximate surface area is 282 Å². The zero-order valence-corrected chi connectivity index (χ0v) is 28.1. The van der Waals surface area contributed by atoms with Crippen LogP contribution in [0.5, 0.6) is 23.0 Å². The Balaban J connectivity index is 1.53. The highest BCUT2D eigenvalue weighted by Crippen LogP contribution is 2.44. The minimum atomic E-state index is -1.43. The summed E-state index contributed by atoms with van der Waals surface area (Å²) in [6, 6.07) is 28.1. The maximum absolute atomic E-state index is 14.5. The number of ether oxygens (including phenoxy) is 5. The molecule has 0 bridgehead atoms. The fraction of sp³-hybridized carbons (Fsp3) is 0.278. The molecule has 0 saturated heterocycles. The van der Waals surface area contributed by atoms with E-state index in [0.717, 1.165) is 21.2 Å². The number of hydrogen-bond donors (Lipinski definition) is 3. The van der Waals surface area contributed by atoms with Gasteiger partial charge in [-0.3, -0.25) is 10.2 Å². The number of amides is 1. The standard InChI is InChI=1S/C36H38BrN3O7/c1-43-29-10-6-9-26(20-29)33-36(22-27-8-4-5-11-32(27)37,35(42)40-38-23-24-18-30(44-2)21-31(19-24)45-3)39-34(47-33)25-12-14-28(15-13-25)46-17-7-16-41/h4-6,8-15,18-21,33,38,41H,7,16-17,22-23H2,1-3H3,(H,40,42)/t33-,36-/m0/s1. The summed E-state index contributed by atoms with van der Waals surface area (Å²) in [5.74, 6) is 2.50. The Kier molecular flexibility index (Phi) is 11.4. The third-order valence-electron chi connectivity index (χ3n) is 7.75. The van der Waals surface area contributed by atoms with Gasteiger partial charge in [-0.2, -0.15) is 0 Å². The average molecular weight is 705 g/mol. The van der Waals surface area contributed by atoms with Gasteiger partial charge in [0.2, 0.25) is 5.90 Å². The second-order valence-electron chi connectivity index (χ2n) is 10.9. The van der Waals surface area contributed by atoms with E-state index in [1.54, 1.807) is 27.4 Å². The van der Waals surface area contributed by atoms with Gasteiger partial charge < -0.3 is 28.8 Å². The van der Waals surface area contributed by atoms with Gasteiger partial charge in [0, 0.05) is 42.1 Å². The molecular weight excluding hydrogens is 666 g/mol. The van der Waals surface area contributed by atoms with E-state index in [-0.39, 0.29) is 18.9 Å². The van der Waals surface area contributed by atoms with Crippen LogP contribution in [0.1, 0.15) is 34.8 Å². The zero-order valence-electron chi connectivity index (χ0n) is 26.5. The van der Waals surface area contributed by atoms with E-state index in [1.165, 1.54) is 0 Å². The molecule has 246 valence electrons. The van der Waals surface area contributed by atoms with Crippen molar-refractivity contribution in [1.29, 1.82) is 0 Å². The maximum Gasteiger partial charge on any atom is 0.266 e. The van der Waals surface area contributed by atoms with E-state index < -0.39 is 11.6 Å². The van der Waals surface area contributed by atoms with Crippen LogP contribution < -0.4 is 29.8 Å². The van der Waals surface area contributed by atoms with Crippen LogP contribution in [0.15, 0.2) is 100 Å². The summed E-state index contributed by atoms with van der Waals surface area (Å²) < 4.78 is 29.5. The number of benzene rings is 4. The van der Waals surface area contributed by atoms with Crippen LogP contribution in [-0.2, 0) is 22.5 Å². The van der Waals surface area contributed by atoms with Crippen molar-refractivity contribution in [2.24, 2.45) is 4.99 Å². The largest absolute Gasteiger partial charge is 0.497 e. The summed E-state index contributed by atoms with van der Waals surface area (Å²) in [7, 11) is 4.77. The van der Waals surface area contributed by atoms with Crippen LogP contribution in [0, 0.1) is 0 Å². The Morgan fingerprint density at radius 3 is 2.30 bits per heavy atom. The molecule has 1 aliphatic heterocycles. The summed E-state index contributed by atoms with van der Waals surface area (Å²) in [6.45, 7) is 0.748. The first-order valence-electron chi connectivity index (χ1n) is 15.1. The Hall–Kier alpha value is -4.58. The second-order valence-corrected chi connectivity index (χ2v) is 11.7. The molecule has 2 atom stereocenters. The van der Waals surface area contributed by atoms with Gasteiger partial charge in [-0.25, -0.2) is 10.4 Å². The lowest BCUT2D eigenvalue weighted by Gasteiger charge is -2.31. The molecule has 0 fully saturated rings. The fourth-order valence-electron chi connectivity index (χ4n) is 5.32. The summed E-state index contributed by atoms with van der Waals surface area (Å²) in [6.07, 6.45) is -0.0481. The van der Waals surface area contributed by atoms with Crippen LogP contribution in [0.4, 0.5) is 0 Å². The Morgan fingerprint density at radius 2 is 1.62 bits per heavy atom. The highest BCUT2D eigenvalue weighted by molar-refractivity contribution is 9.10. The zero-order chi connectivity index (χ0) is 33.2. The van der Waals surface area contributed by atoms with Gasteiger partial charge in [0.1, 0.15) is 23.0 Å². The van der Waals surface area contributed by atoms with Crippen LogP contribution >= 0.6 is 15.9 Å². The molecule has 5 rings (SSSR count). The quantitative estimate of drug-likeness (QED) is 0.109. The van der Waals surface area contributed by atoms with Crippen molar-refractivity contribution < 1.29 is 33.6 Å². The maximum atomic E-state index is 14.5. The monoisotopic (exact) mass is 703 g/mol. The lowest BCUT2D eigenvalue weighted by atomic mass is 9.82. The fourth-order valence-corrected chi connectivity index (χ4v) is 5.75. The topological polar surface area (TPSA) is 120 Å². The number of carbonyl (C=O) groups is 1. The van der Waals surface area contributed by atoms with Crippen molar-refractivity contribution in [3.8, 4) is 23.0 Å². The molecular formula is C36H38BrN3O7. The predicted octanol–water partition coefficient (Wildman–Crippen LogP) is 5.56. The molecule has 11 heteroatoms. The first kappa shape index (κ1) is 33.8. The van der Waals surface area contributed by atoms with Crippen LogP contribution in [0.25, 0.3) is 0 Å². The predicted molar refractivity (Wildman–Crippen MR) is 182 cm³/mol. The average Bonchev–Trinajstić information content (AvgIpc) is 3.50. The Bertz CT molecular complexity index is 1680. The molecule has 0 unspecified atom stereocenters. The number of hydrazine groups is 1. The number of nitrogens with one attached hydrogen (secondary N) is 2. The van der Waals surface area contributed by atoms with Crippen molar-refractivity contribution in [1.82, 2.24) is 10.9 Å². The number of nitrogens with zero attached hydrogens (tertiary/aromatic N) is 1. The summed E-state index contributed by atoms with van der Waals surface area (Å²) >= 11 is 3.67. The minimum Gasteiger partial charge on any atom is -0.497 e. The summed E-state index contributed by atoms with van der Waals surface area (Å²) in [4.78, 5) is 19.6. The van der Waals surface area contributed by atoms with Gasteiger partial charge in [0.25, 0.3) is 5.91 Å². The molecule has 0 aliphatic carbocycles. The number of aliphatic imine (C=N–C) groups is 1. The van der Waals surface area contributed by atoms with Gasteiger partial charge in [0.15, 0.2) is 11.6 Å². The van der Waals surface area contributed by atoms with Crippen molar-refractivity contribution in [2.75, 3.05) is 34.5 Å². The minimum absolute atomic E-state index is 0.0542. The lowest BCUT2D eigenvalue weighted by molar-refractivity contribution is -0.130. The van der Waals surface area contributed by atoms with Crippen molar-refractivity contribution in [2.45, 2.75) is 31.0 Å². The van der Waals surface area contributed by atoms with Crippen LogP contribution in [-0.4, -0.2) is 57.0 Å². The highest BCUT2D eigenvalue weighted by atomic mass is 79.9.